The van der Waals surface area contributed by atoms with Crippen LogP contribution in [0.15, 0.2) is 174 Å². The van der Waals surface area contributed by atoms with E-state index >= 15 is 0 Å². The molecule has 2 aliphatic carbocycles. The average Bonchev–Trinajstić information content (AvgIpc) is 1.18. The van der Waals surface area contributed by atoms with Gasteiger partial charge in [0.25, 0.3) is 6.71 Å². The highest BCUT2D eigenvalue weighted by Crippen LogP contribution is 2.62. The number of aryl methyl sites for hydroxylation is 2. The van der Waals surface area contributed by atoms with Crippen molar-refractivity contribution in [1.82, 2.24) is 0 Å². The van der Waals surface area contributed by atoms with E-state index in [4.69, 9.17) is 4.42 Å². The van der Waals surface area contributed by atoms with Crippen LogP contribution in [0.1, 0.15) is 187 Å². The number of hydrogen-bond donors (Lipinski definition) is 0. The maximum Gasteiger partial charge on any atom is 0.252 e. The molecule has 6 heteroatoms. The summed E-state index contributed by atoms with van der Waals surface area (Å²) in [5.74, 6) is 0. The third kappa shape index (κ3) is 8.75. The quantitative estimate of drug-likeness (QED) is 0.155. The lowest BCUT2D eigenvalue weighted by atomic mass is 9.33. The van der Waals surface area contributed by atoms with Crippen LogP contribution in [0.5, 0.6) is 0 Å². The molecule has 1 saturated carbocycles. The van der Waals surface area contributed by atoms with Gasteiger partial charge in [-0.2, -0.15) is 0 Å². The molecule has 15 rings (SSSR count). The van der Waals surface area contributed by atoms with E-state index in [0.717, 1.165) is 63.2 Å². The Kier molecular flexibility index (Phi) is 12.8. The van der Waals surface area contributed by atoms with Crippen molar-refractivity contribution in [2.24, 2.45) is 0 Å². The average molecular weight is 1180 g/mol. The predicted molar refractivity (Wildman–Crippen MR) is 386 cm³/mol. The van der Waals surface area contributed by atoms with Crippen molar-refractivity contribution < 1.29 is 4.42 Å². The summed E-state index contributed by atoms with van der Waals surface area (Å²) in [6, 6.07) is 66.6. The van der Waals surface area contributed by atoms with E-state index < -0.39 is 0 Å². The van der Waals surface area contributed by atoms with E-state index in [2.05, 4.69) is 307 Å². The van der Waals surface area contributed by atoms with Gasteiger partial charge >= 0.3 is 0 Å². The molecule has 0 N–H and O–H groups in total. The number of anilines is 11. The monoisotopic (exact) mass is 1180 g/mol. The van der Waals surface area contributed by atoms with Gasteiger partial charge in [-0.3, -0.25) is 0 Å². The number of rotatable bonds is 6. The number of furan rings is 1. The SMILES string of the molecule is Cc1cc2c3c(c1)N(c1cccc4c1oc1ccccc14)c1cc(N(c4ccc(C(C)(C)C)cc4)c4ccc(C(C)(C)C)cc4)ccc1B3c1ccc(N3c4ccc(C(C)(C)C)cc4C4(C)CCCCC34C)cc1N2c1cc2c(cc1C)C(C)(C)CCC2(C)C. The fourth-order valence-corrected chi connectivity index (χ4v) is 17.0. The third-order valence-electron chi connectivity index (χ3n) is 22.7. The minimum atomic E-state index is -0.130. The highest BCUT2D eigenvalue weighted by Gasteiger charge is 2.58. The topological polar surface area (TPSA) is 26.1 Å². The summed E-state index contributed by atoms with van der Waals surface area (Å²) in [5.41, 5.74) is 29.7. The number of fused-ring (bicyclic) bond motifs is 11. The molecule has 90 heavy (non-hydrogen) atoms. The summed E-state index contributed by atoms with van der Waals surface area (Å²) in [5, 5.41) is 2.23. The van der Waals surface area contributed by atoms with Crippen LogP contribution in [0.2, 0.25) is 0 Å². The molecule has 2 unspecified atom stereocenters. The minimum absolute atomic E-state index is 0.00336. The number of nitrogens with zero attached hydrogens (tertiary/aromatic N) is 4. The van der Waals surface area contributed by atoms with Crippen molar-refractivity contribution >= 4 is 108 Å². The third-order valence-corrected chi connectivity index (χ3v) is 22.7. The highest BCUT2D eigenvalue weighted by molar-refractivity contribution is 7.00. The molecule has 0 spiro atoms. The van der Waals surface area contributed by atoms with E-state index in [1.807, 2.05) is 0 Å². The summed E-state index contributed by atoms with van der Waals surface area (Å²) < 4.78 is 7.14. The second-order valence-corrected chi connectivity index (χ2v) is 32.6. The van der Waals surface area contributed by atoms with Gasteiger partial charge in [-0.05, 0) is 219 Å². The van der Waals surface area contributed by atoms with Gasteiger partial charge in [-0.15, -0.1) is 0 Å². The smallest absolute Gasteiger partial charge is 0.252 e. The zero-order valence-corrected chi connectivity index (χ0v) is 56.7. The summed E-state index contributed by atoms with van der Waals surface area (Å²) in [6.45, 7) is 40.6. The maximum atomic E-state index is 7.14. The fraction of sp³-hybridized carbons (Fsp3) is 0.357. The Labute approximate surface area is 537 Å². The second-order valence-electron chi connectivity index (χ2n) is 32.6. The summed E-state index contributed by atoms with van der Waals surface area (Å²) in [6.07, 6.45) is 7.08. The first kappa shape index (κ1) is 58.4. The molecule has 3 aliphatic heterocycles. The number of hydrogen-bond acceptors (Lipinski definition) is 5. The Morgan fingerprint density at radius 3 is 1.61 bits per heavy atom. The van der Waals surface area contributed by atoms with Crippen LogP contribution in [0.4, 0.5) is 62.6 Å². The molecule has 10 aromatic rings. The van der Waals surface area contributed by atoms with Crippen LogP contribution >= 0.6 is 0 Å². The van der Waals surface area contributed by atoms with Crippen molar-refractivity contribution in [2.45, 2.75) is 194 Å². The molecule has 456 valence electrons. The molecule has 2 atom stereocenters. The Morgan fingerprint density at radius 1 is 0.433 bits per heavy atom. The van der Waals surface area contributed by atoms with Gasteiger partial charge in [0.2, 0.25) is 0 Å². The number of para-hydroxylation sites is 2. The van der Waals surface area contributed by atoms with E-state index in [0.29, 0.717) is 0 Å². The van der Waals surface area contributed by atoms with Crippen LogP contribution in [0.3, 0.4) is 0 Å². The molecule has 0 amide bonds. The Bertz CT molecular complexity index is 4520. The summed E-state index contributed by atoms with van der Waals surface area (Å²) >= 11 is 0. The molecule has 1 fully saturated rings. The minimum Gasteiger partial charge on any atom is -0.454 e. The normalized spacial score (nSPS) is 19.7. The molecule has 0 radical (unpaired) electrons. The van der Waals surface area contributed by atoms with Gasteiger partial charge in [0, 0.05) is 73.1 Å². The molecule has 0 saturated heterocycles. The van der Waals surface area contributed by atoms with Crippen molar-refractivity contribution in [3.63, 3.8) is 0 Å². The van der Waals surface area contributed by atoms with Gasteiger partial charge in [0.15, 0.2) is 5.58 Å². The van der Waals surface area contributed by atoms with Crippen LogP contribution in [0.25, 0.3) is 21.9 Å². The lowest BCUT2D eigenvalue weighted by Crippen LogP contribution is -2.61. The Morgan fingerprint density at radius 2 is 0.978 bits per heavy atom. The van der Waals surface area contributed by atoms with Gasteiger partial charge < -0.3 is 24.0 Å². The van der Waals surface area contributed by atoms with Crippen molar-refractivity contribution in [2.75, 3.05) is 19.6 Å². The van der Waals surface area contributed by atoms with Crippen LogP contribution in [-0.4, -0.2) is 12.3 Å². The Balaban J connectivity index is 1.02. The van der Waals surface area contributed by atoms with Gasteiger partial charge in [0.05, 0.1) is 11.2 Å². The first-order valence-electron chi connectivity index (χ1n) is 33.6. The van der Waals surface area contributed by atoms with Crippen LogP contribution < -0.4 is 36.0 Å². The zero-order chi connectivity index (χ0) is 63.1. The van der Waals surface area contributed by atoms with Gasteiger partial charge in [-0.1, -0.05) is 195 Å². The van der Waals surface area contributed by atoms with Gasteiger partial charge in [0.1, 0.15) is 5.58 Å². The van der Waals surface area contributed by atoms with E-state index in [1.54, 1.807) is 0 Å². The number of benzene rings is 9. The molecule has 5 nitrogen and oxygen atoms in total. The van der Waals surface area contributed by atoms with E-state index in [9.17, 15) is 0 Å². The van der Waals surface area contributed by atoms with Gasteiger partial charge in [-0.25, -0.2) is 0 Å². The van der Waals surface area contributed by atoms with Crippen molar-refractivity contribution in [3.8, 4) is 0 Å². The van der Waals surface area contributed by atoms with Crippen molar-refractivity contribution in [1.29, 1.82) is 0 Å². The lowest BCUT2D eigenvalue weighted by molar-refractivity contribution is 0.195. The maximum absolute atomic E-state index is 7.14. The molecule has 5 aliphatic rings. The standard InChI is InChI=1S/C84H91BN4O/c1-52-45-73-76-74(46-52)88(70-51-64-63(47-53(70)2)81(12,13)43-44-82(64,14)15)72-50-60(89-68-40-31-56(80(9,10)11)48-65(68)83(16)41-20-21-42-84(83,89)17)37-39-67(72)85(76)66-38-36-59(49-71(66)87(73)69-25-22-24-62-61-23-18-19-26-75(61)90-77(62)69)86(57-32-27-54(28-33-57)78(3,4)5)58-34-29-55(30-35-58)79(6,7)8/h18-19,22-40,45-51H,20-21,41-44H2,1-17H3. The first-order chi connectivity index (χ1) is 42.6. The molecule has 4 heterocycles. The van der Waals surface area contributed by atoms with E-state index in [1.165, 1.54) is 121 Å². The Hall–Kier alpha value is -7.96. The fourth-order valence-electron chi connectivity index (χ4n) is 17.0. The second kappa shape index (κ2) is 19.8. The predicted octanol–water partition coefficient (Wildman–Crippen LogP) is 21.7. The lowest BCUT2D eigenvalue weighted by Gasteiger charge is -2.51. The molecular weight excluding hydrogens is 1090 g/mol. The molecular formula is C84H91BN4O. The first-order valence-corrected chi connectivity index (χ1v) is 33.6. The molecule has 1 aromatic heterocycles. The van der Waals surface area contributed by atoms with Crippen molar-refractivity contribution in [3.05, 3.63) is 214 Å². The molecule has 0 bridgehead atoms. The highest BCUT2D eigenvalue weighted by atomic mass is 16.3. The van der Waals surface area contributed by atoms with E-state index in [-0.39, 0.29) is 44.7 Å². The zero-order valence-electron chi connectivity index (χ0n) is 56.7. The largest absolute Gasteiger partial charge is 0.454 e. The summed E-state index contributed by atoms with van der Waals surface area (Å²) in [7, 11) is 0. The molecule has 9 aromatic carbocycles. The van der Waals surface area contributed by atoms with Crippen LogP contribution in [-0.2, 0) is 32.5 Å². The summed E-state index contributed by atoms with van der Waals surface area (Å²) in [4.78, 5) is 10.6. The van der Waals surface area contributed by atoms with Crippen LogP contribution in [0, 0.1) is 13.8 Å².